The van der Waals surface area contributed by atoms with Crippen molar-refractivity contribution in [2.75, 3.05) is 26.7 Å². The van der Waals surface area contributed by atoms with Crippen molar-refractivity contribution < 1.29 is 0 Å². The first-order chi connectivity index (χ1) is 10.8. The number of rotatable bonds is 3. The molecule has 0 aromatic heterocycles. The van der Waals surface area contributed by atoms with Crippen LogP contribution in [0.4, 0.5) is 0 Å². The predicted octanol–water partition coefficient (Wildman–Crippen LogP) is 3.29. The van der Waals surface area contributed by atoms with E-state index in [-0.39, 0.29) is 0 Å². The second kappa shape index (κ2) is 5.86. The lowest BCUT2D eigenvalue weighted by atomic mass is 10.0. The van der Waals surface area contributed by atoms with Crippen LogP contribution >= 0.6 is 0 Å². The molecule has 2 heterocycles. The molecule has 2 saturated heterocycles. The Labute approximate surface area is 133 Å². The van der Waals surface area contributed by atoms with Gasteiger partial charge in [0.15, 0.2) is 0 Å². The van der Waals surface area contributed by atoms with Crippen LogP contribution in [0.1, 0.15) is 12.0 Å². The van der Waals surface area contributed by atoms with Crippen LogP contribution in [0.15, 0.2) is 48.5 Å². The molecular weight excluding hydrogens is 268 g/mol. The van der Waals surface area contributed by atoms with Crippen LogP contribution in [0.5, 0.6) is 0 Å². The van der Waals surface area contributed by atoms with Crippen LogP contribution in [0, 0.1) is 12.0 Å². The first-order valence-corrected chi connectivity index (χ1v) is 8.27. The third-order valence-electron chi connectivity index (χ3n) is 5.30. The lowest BCUT2D eigenvalue weighted by molar-refractivity contribution is 0.255. The van der Waals surface area contributed by atoms with Gasteiger partial charge in [0.05, 0.1) is 0 Å². The number of fused-ring (bicyclic) bond motifs is 1. The van der Waals surface area contributed by atoms with Gasteiger partial charge in [0.2, 0.25) is 0 Å². The van der Waals surface area contributed by atoms with Crippen molar-refractivity contribution in [1.82, 2.24) is 9.80 Å². The van der Waals surface area contributed by atoms with Crippen LogP contribution in [-0.2, 0) is 6.54 Å². The Kier molecular flexibility index (Phi) is 3.73. The van der Waals surface area contributed by atoms with E-state index in [1.807, 2.05) is 18.2 Å². The molecule has 2 aromatic carbocycles. The highest BCUT2D eigenvalue weighted by atomic mass is 15.3. The summed E-state index contributed by atoms with van der Waals surface area (Å²) in [5.41, 5.74) is 3.94. The van der Waals surface area contributed by atoms with Crippen LogP contribution < -0.4 is 0 Å². The lowest BCUT2D eigenvalue weighted by Crippen LogP contribution is -2.31. The van der Waals surface area contributed by atoms with Gasteiger partial charge in [-0.15, -0.1) is 0 Å². The summed E-state index contributed by atoms with van der Waals surface area (Å²) >= 11 is 0. The molecule has 113 valence electrons. The van der Waals surface area contributed by atoms with E-state index in [1.54, 1.807) is 0 Å². The standard InChI is InChI=1S/C20H23N2/c1-21-12-11-19-14-22(15-20(19)21)13-16-7-9-18(10-8-16)17-5-3-2-4-6-17/h2-3,5-10,19-20H,11-15H2,1H3/t19-,20+/m1/s1. The van der Waals surface area contributed by atoms with Crippen LogP contribution in [0.2, 0.25) is 0 Å². The van der Waals surface area contributed by atoms with Gasteiger partial charge in [-0.05, 0) is 54.8 Å². The highest BCUT2D eigenvalue weighted by Gasteiger charge is 2.39. The zero-order valence-electron chi connectivity index (χ0n) is 13.2. The Morgan fingerprint density at radius 3 is 2.68 bits per heavy atom. The average Bonchev–Trinajstić information content (AvgIpc) is 3.11. The van der Waals surface area contributed by atoms with Gasteiger partial charge in [-0.25, -0.2) is 0 Å². The summed E-state index contributed by atoms with van der Waals surface area (Å²) < 4.78 is 0. The molecule has 0 aliphatic carbocycles. The summed E-state index contributed by atoms with van der Waals surface area (Å²) in [5, 5.41) is 0. The average molecular weight is 291 g/mol. The van der Waals surface area contributed by atoms with Crippen LogP contribution in [0.25, 0.3) is 11.1 Å². The third-order valence-corrected chi connectivity index (χ3v) is 5.30. The molecule has 2 nitrogen and oxygen atoms in total. The summed E-state index contributed by atoms with van der Waals surface area (Å²) in [6.07, 6.45) is 1.38. The Morgan fingerprint density at radius 1 is 1.09 bits per heavy atom. The van der Waals surface area contributed by atoms with Crippen LogP contribution in [-0.4, -0.2) is 42.5 Å². The number of likely N-dealkylation sites (N-methyl/N-ethyl adjacent to an activating group) is 1. The SMILES string of the molecule is CN1CC[C@@H]2CN(Cc3ccc(-c4c[c]ccc4)cc3)C[C@@H]21. The first-order valence-electron chi connectivity index (χ1n) is 8.27. The number of hydrogen-bond donors (Lipinski definition) is 0. The van der Waals surface area contributed by atoms with Crippen molar-refractivity contribution in [2.24, 2.45) is 5.92 Å². The van der Waals surface area contributed by atoms with E-state index < -0.39 is 0 Å². The van der Waals surface area contributed by atoms with Crippen molar-refractivity contribution in [3.05, 3.63) is 60.2 Å². The van der Waals surface area contributed by atoms with E-state index in [2.05, 4.69) is 53.2 Å². The third kappa shape index (κ3) is 2.69. The Bertz CT molecular complexity index is 620. The van der Waals surface area contributed by atoms with E-state index in [4.69, 9.17) is 0 Å². The molecule has 1 radical (unpaired) electrons. The summed E-state index contributed by atoms with van der Waals surface area (Å²) in [7, 11) is 2.28. The molecule has 2 fully saturated rings. The minimum absolute atomic E-state index is 0.791. The zero-order chi connectivity index (χ0) is 14.9. The van der Waals surface area contributed by atoms with E-state index in [0.29, 0.717) is 0 Å². The summed E-state index contributed by atoms with van der Waals surface area (Å²) in [6.45, 7) is 4.87. The molecule has 0 amide bonds. The topological polar surface area (TPSA) is 6.48 Å². The fourth-order valence-electron chi connectivity index (χ4n) is 4.02. The summed E-state index contributed by atoms with van der Waals surface area (Å²) in [5.74, 6) is 0.893. The first kappa shape index (κ1) is 14.0. The Morgan fingerprint density at radius 2 is 1.95 bits per heavy atom. The number of nitrogens with zero attached hydrogens (tertiary/aromatic N) is 2. The molecule has 0 bridgehead atoms. The molecule has 2 aliphatic rings. The molecule has 0 spiro atoms. The maximum absolute atomic E-state index is 3.15. The van der Waals surface area contributed by atoms with E-state index in [1.165, 1.54) is 42.7 Å². The molecule has 0 saturated carbocycles. The van der Waals surface area contributed by atoms with Gasteiger partial charge in [0, 0.05) is 25.7 Å². The zero-order valence-corrected chi connectivity index (χ0v) is 13.2. The van der Waals surface area contributed by atoms with Gasteiger partial charge < -0.3 is 4.90 Å². The minimum atomic E-state index is 0.791. The number of likely N-dealkylation sites (tertiary alicyclic amines) is 2. The molecule has 22 heavy (non-hydrogen) atoms. The van der Waals surface area contributed by atoms with Crippen molar-refractivity contribution in [3.8, 4) is 11.1 Å². The number of hydrogen-bond acceptors (Lipinski definition) is 2. The van der Waals surface area contributed by atoms with Gasteiger partial charge >= 0.3 is 0 Å². The van der Waals surface area contributed by atoms with E-state index in [0.717, 1.165) is 18.5 Å². The van der Waals surface area contributed by atoms with Gasteiger partial charge in [0.1, 0.15) is 0 Å². The van der Waals surface area contributed by atoms with Crippen molar-refractivity contribution in [3.63, 3.8) is 0 Å². The maximum Gasteiger partial charge on any atom is 0.0261 e. The van der Waals surface area contributed by atoms with Crippen LogP contribution in [0.3, 0.4) is 0 Å². The molecule has 2 heteroatoms. The van der Waals surface area contributed by atoms with Crippen molar-refractivity contribution in [2.45, 2.75) is 19.0 Å². The van der Waals surface area contributed by atoms with E-state index in [9.17, 15) is 0 Å². The normalized spacial score (nSPS) is 25.5. The molecular formula is C20H23N2. The van der Waals surface area contributed by atoms with Gasteiger partial charge in [-0.3, -0.25) is 4.90 Å². The molecule has 0 unspecified atom stereocenters. The van der Waals surface area contributed by atoms with Crippen molar-refractivity contribution in [1.29, 1.82) is 0 Å². The second-order valence-corrected chi connectivity index (χ2v) is 6.78. The second-order valence-electron chi connectivity index (χ2n) is 6.78. The van der Waals surface area contributed by atoms with Gasteiger partial charge in [0.25, 0.3) is 0 Å². The molecule has 2 atom stereocenters. The Hall–Kier alpha value is -1.64. The largest absolute Gasteiger partial charge is 0.302 e. The quantitative estimate of drug-likeness (QED) is 0.856. The van der Waals surface area contributed by atoms with Gasteiger partial charge in [-0.1, -0.05) is 42.5 Å². The monoisotopic (exact) mass is 291 g/mol. The Balaban J connectivity index is 1.42. The lowest BCUT2D eigenvalue weighted by Gasteiger charge is -2.20. The smallest absolute Gasteiger partial charge is 0.0261 e. The highest BCUT2D eigenvalue weighted by molar-refractivity contribution is 5.63. The number of benzene rings is 2. The molecule has 2 aliphatic heterocycles. The van der Waals surface area contributed by atoms with Crippen molar-refractivity contribution >= 4 is 0 Å². The molecule has 0 N–H and O–H groups in total. The molecule has 4 rings (SSSR count). The fraction of sp³-hybridized carbons (Fsp3) is 0.400. The minimum Gasteiger partial charge on any atom is -0.302 e. The summed E-state index contributed by atoms with van der Waals surface area (Å²) in [4.78, 5) is 5.16. The highest BCUT2D eigenvalue weighted by Crippen LogP contribution is 2.31. The van der Waals surface area contributed by atoms with Gasteiger partial charge in [-0.2, -0.15) is 0 Å². The van der Waals surface area contributed by atoms with E-state index >= 15 is 0 Å². The molecule has 2 aromatic rings. The fourth-order valence-corrected chi connectivity index (χ4v) is 4.02. The maximum atomic E-state index is 3.15. The summed E-state index contributed by atoms with van der Waals surface area (Å²) in [6, 6.07) is 21.1. The predicted molar refractivity (Wildman–Crippen MR) is 90.5 cm³/mol.